The molecular formula is C28H26N6O3S2. The van der Waals surface area contributed by atoms with Gasteiger partial charge in [-0.2, -0.15) is 14.8 Å². The van der Waals surface area contributed by atoms with E-state index >= 15 is 0 Å². The molecule has 4 aromatic rings. The van der Waals surface area contributed by atoms with Crippen molar-refractivity contribution in [2.24, 2.45) is 0 Å². The van der Waals surface area contributed by atoms with E-state index in [4.69, 9.17) is 15.5 Å². The summed E-state index contributed by atoms with van der Waals surface area (Å²) in [5.74, 6) is -0.340. The van der Waals surface area contributed by atoms with E-state index in [0.29, 0.717) is 16.4 Å². The lowest BCUT2D eigenvalue weighted by Gasteiger charge is -2.21. The minimum Gasteiger partial charge on any atom is -0.278 e. The van der Waals surface area contributed by atoms with E-state index in [0.717, 1.165) is 26.5 Å². The third kappa shape index (κ3) is 6.29. The molecule has 0 N–H and O–H groups in total. The number of aryl methyl sites for hydroxylation is 1. The molecule has 11 heteroatoms. The second kappa shape index (κ2) is 12.6. The third-order valence-electron chi connectivity index (χ3n) is 6.08. The van der Waals surface area contributed by atoms with Crippen LogP contribution in [0.5, 0.6) is 0 Å². The molecule has 2 aromatic carbocycles. The van der Waals surface area contributed by atoms with Crippen LogP contribution in [-0.4, -0.2) is 41.7 Å². The Bertz CT molecular complexity index is 1620. The Hall–Kier alpha value is -4.16. The van der Waals surface area contributed by atoms with Crippen molar-refractivity contribution in [2.75, 3.05) is 18.0 Å². The molecule has 39 heavy (non-hydrogen) atoms. The summed E-state index contributed by atoms with van der Waals surface area (Å²) in [5.41, 5.74) is 2.92. The minimum absolute atomic E-state index is 0.00558. The van der Waals surface area contributed by atoms with E-state index in [-0.39, 0.29) is 43.3 Å². The van der Waals surface area contributed by atoms with E-state index in [2.05, 4.69) is 11.9 Å². The highest BCUT2D eigenvalue weighted by molar-refractivity contribution is 7.89. The molecule has 1 amide bonds. The number of carbonyl (C=O) groups excluding carboxylic acids is 1. The number of rotatable bonds is 11. The summed E-state index contributed by atoms with van der Waals surface area (Å²) in [4.78, 5) is 24.5. The highest BCUT2D eigenvalue weighted by Gasteiger charge is 2.26. The van der Waals surface area contributed by atoms with Crippen LogP contribution in [0.25, 0.3) is 10.2 Å². The highest BCUT2D eigenvalue weighted by Crippen LogP contribution is 2.33. The van der Waals surface area contributed by atoms with Crippen molar-refractivity contribution in [1.29, 1.82) is 10.5 Å². The zero-order chi connectivity index (χ0) is 27.8. The van der Waals surface area contributed by atoms with Gasteiger partial charge in [-0.15, -0.1) is 0 Å². The molecule has 2 heterocycles. The number of hydrogen-bond acceptors (Lipinski definition) is 8. The summed E-state index contributed by atoms with van der Waals surface area (Å²) in [6.45, 7) is 2.21. The molecule has 0 atom stereocenters. The van der Waals surface area contributed by atoms with Gasteiger partial charge >= 0.3 is 0 Å². The molecule has 9 nitrogen and oxygen atoms in total. The highest BCUT2D eigenvalue weighted by atomic mass is 32.2. The Kier molecular flexibility index (Phi) is 8.99. The third-order valence-corrected chi connectivity index (χ3v) is 9.04. The first-order chi connectivity index (χ1) is 18.9. The maximum atomic E-state index is 13.8. The molecule has 0 saturated carbocycles. The molecular weight excluding hydrogens is 532 g/mol. The van der Waals surface area contributed by atoms with Crippen molar-refractivity contribution in [3.63, 3.8) is 0 Å². The molecule has 0 spiro atoms. The van der Waals surface area contributed by atoms with Crippen LogP contribution in [0.1, 0.15) is 41.4 Å². The second-order valence-corrected chi connectivity index (χ2v) is 11.5. The van der Waals surface area contributed by atoms with E-state index < -0.39 is 10.0 Å². The molecule has 0 aliphatic heterocycles. The average molecular weight is 559 g/mol. The first-order valence-corrected chi connectivity index (χ1v) is 14.6. The standard InChI is InChI=1S/C28H26N6O3S2/c1-2-21-8-5-10-25-26(21)32-28(38-25)34(20-23-9-3-4-17-31-23)27(35)22-11-13-24(14-12-22)39(36,37)33(18-6-15-29)19-7-16-30/h3-5,8-14,17H,2,6-7,18-20H2,1H3. The zero-order valence-electron chi connectivity index (χ0n) is 21.3. The van der Waals surface area contributed by atoms with Gasteiger partial charge in [0.15, 0.2) is 5.13 Å². The Morgan fingerprint density at radius 2 is 1.69 bits per heavy atom. The SMILES string of the molecule is CCc1cccc2sc(N(Cc3ccccn3)C(=O)c3ccc(S(=O)(=O)N(CCC#N)CCC#N)cc3)nc12. The summed E-state index contributed by atoms with van der Waals surface area (Å²) in [6.07, 6.45) is 2.48. The molecule has 0 aliphatic rings. The quantitative estimate of drug-likeness (QED) is 0.255. The molecule has 0 saturated heterocycles. The number of anilines is 1. The van der Waals surface area contributed by atoms with Crippen LogP contribution in [0.2, 0.25) is 0 Å². The Balaban J connectivity index is 1.68. The lowest BCUT2D eigenvalue weighted by Crippen LogP contribution is -2.33. The van der Waals surface area contributed by atoms with Gasteiger partial charge in [0.2, 0.25) is 10.0 Å². The van der Waals surface area contributed by atoms with Crippen LogP contribution in [0, 0.1) is 22.7 Å². The number of hydrogen-bond donors (Lipinski definition) is 0. The van der Waals surface area contributed by atoms with Gasteiger partial charge < -0.3 is 0 Å². The lowest BCUT2D eigenvalue weighted by atomic mass is 10.1. The lowest BCUT2D eigenvalue weighted by molar-refractivity contribution is 0.0984. The van der Waals surface area contributed by atoms with Crippen molar-refractivity contribution in [2.45, 2.75) is 37.6 Å². The van der Waals surface area contributed by atoms with Gasteiger partial charge in [0.1, 0.15) is 0 Å². The maximum absolute atomic E-state index is 13.8. The van der Waals surface area contributed by atoms with Crippen LogP contribution in [0.4, 0.5) is 5.13 Å². The Labute approximate surface area is 231 Å². The number of thiazole rings is 1. The molecule has 0 bridgehead atoms. The first kappa shape index (κ1) is 27.9. The fourth-order valence-corrected chi connectivity index (χ4v) is 6.50. The van der Waals surface area contributed by atoms with Crippen LogP contribution in [0.15, 0.2) is 71.8 Å². The second-order valence-electron chi connectivity index (χ2n) is 8.57. The van der Waals surface area contributed by atoms with Crippen molar-refractivity contribution >= 4 is 42.6 Å². The number of para-hydroxylation sites is 1. The van der Waals surface area contributed by atoms with E-state index in [1.807, 2.05) is 42.5 Å². The topological polar surface area (TPSA) is 131 Å². The normalized spacial score (nSPS) is 11.3. The van der Waals surface area contributed by atoms with Crippen molar-refractivity contribution in [3.8, 4) is 12.1 Å². The molecule has 0 fully saturated rings. The number of nitrogens with zero attached hydrogens (tertiary/aromatic N) is 6. The van der Waals surface area contributed by atoms with Gasteiger partial charge in [0, 0.05) is 37.7 Å². The number of carbonyl (C=O) groups is 1. The number of pyridine rings is 1. The maximum Gasteiger partial charge on any atom is 0.260 e. The van der Waals surface area contributed by atoms with E-state index in [1.165, 1.54) is 35.6 Å². The molecule has 0 aliphatic carbocycles. The van der Waals surface area contributed by atoms with Gasteiger partial charge in [0.05, 0.1) is 39.5 Å². The predicted molar refractivity (Wildman–Crippen MR) is 149 cm³/mol. The van der Waals surface area contributed by atoms with Crippen LogP contribution < -0.4 is 4.90 Å². The number of benzene rings is 2. The largest absolute Gasteiger partial charge is 0.278 e. The van der Waals surface area contributed by atoms with Crippen LogP contribution in [-0.2, 0) is 23.0 Å². The average Bonchev–Trinajstić information content (AvgIpc) is 3.40. The number of sulfonamides is 1. The number of amides is 1. The molecule has 0 radical (unpaired) electrons. The van der Waals surface area contributed by atoms with Crippen LogP contribution >= 0.6 is 11.3 Å². The minimum atomic E-state index is -3.95. The zero-order valence-corrected chi connectivity index (χ0v) is 23.0. The fourth-order valence-electron chi connectivity index (χ4n) is 4.05. The predicted octanol–water partition coefficient (Wildman–Crippen LogP) is 4.92. The van der Waals surface area contributed by atoms with E-state index in [1.54, 1.807) is 17.2 Å². The van der Waals surface area contributed by atoms with Crippen LogP contribution in [0.3, 0.4) is 0 Å². The molecule has 2 aromatic heterocycles. The summed E-state index contributed by atoms with van der Waals surface area (Å²) in [5, 5.41) is 18.4. The smallest absolute Gasteiger partial charge is 0.260 e. The molecule has 0 unspecified atom stereocenters. The molecule has 198 valence electrons. The Morgan fingerprint density at radius 3 is 2.31 bits per heavy atom. The molecule has 4 rings (SSSR count). The van der Waals surface area contributed by atoms with Gasteiger partial charge in [-0.1, -0.05) is 36.5 Å². The van der Waals surface area contributed by atoms with Gasteiger partial charge in [0.25, 0.3) is 5.91 Å². The monoisotopic (exact) mass is 558 g/mol. The van der Waals surface area contributed by atoms with Gasteiger partial charge in [-0.05, 0) is 54.4 Å². The van der Waals surface area contributed by atoms with Gasteiger partial charge in [-0.25, -0.2) is 13.4 Å². The summed E-state index contributed by atoms with van der Waals surface area (Å²) >= 11 is 1.41. The van der Waals surface area contributed by atoms with E-state index in [9.17, 15) is 13.2 Å². The summed E-state index contributed by atoms with van der Waals surface area (Å²) < 4.78 is 28.4. The number of nitriles is 2. The summed E-state index contributed by atoms with van der Waals surface area (Å²) in [6, 6.07) is 21.0. The number of aromatic nitrogens is 2. The van der Waals surface area contributed by atoms with Crippen molar-refractivity contribution in [3.05, 3.63) is 83.7 Å². The Morgan fingerprint density at radius 1 is 0.974 bits per heavy atom. The number of fused-ring (bicyclic) bond motifs is 1. The van der Waals surface area contributed by atoms with Crippen molar-refractivity contribution in [1.82, 2.24) is 14.3 Å². The van der Waals surface area contributed by atoms with Gasteiger partial charge in [-0.3, -0.25) is 14.7 Å². The summed E-state index contributed by atoms with van der Waals surface area (Å²) in [7, 11) is -3.95. The fraction of sp³-hybridized carbons (Fsp3) is 0.250. The first-order valence-electron chi connectivity index (χ1n) is 12.3. The van der Waals surface area contributed by atoms with Crippen molar-refractivity contribution < 1.29 is 13.2 Å².